The molecule has 0 aromatic rings. The minimum absolute atomic E-state index is 0.132. The molecule has 18 nitrogen and oxygen atoms in total. The molecule has 71 heavy (non-hydrogen) atoms. The van der Waals surface area contributed by atoms with E-state index >= 15 is 0 Å². The van der Waals surface area contributed by atoms with E-state index in [-0.39, 0.29) is 38.0 Å². The average Bonchev–Trinajstić information content (AvgIpc) is 3.28. The van der Waals surface area contributed by atoms with Crippen LogP contribution < -0.4 is 0 Å². The Kier molecular flexibility index (Phi) is 27.6. The van der Waals surface area contributed by atoms with Crippen molar-refractivity contribution in [2.75, 3.05) is 13.1 Å². The predicted octanol–water partition coefficient (Wildman–Crippen LogP) is 3.10. The van der Waals surface area contributed by atoms with Crippen LogP contribution in [0.15, 0.2) is 72.9 Å². The first kappa shape index (κ1) is 62.1. The van der Waals surface area contributed by atoms with Crippen LogP contribution in [-0.4, -0.2) is 184 Å². The van der Waals surface area contributed by atoms with Crippen LogP contribution in [0.3, 0.4) is 0 Å². The number of fused-ring (bicyclic) bond motifs is 2. The fourth-order valence-corrected chi connectivity index (χ4v) is 9.47. The van der Waals surface area contributed by atoms with Gasteiger partial charge in [-0.25, -0.2) is 0 Å². The Balaban J connectivity index is 1.91. The number of aliphatic hydroxyl groups excluding tert-OH is 9. The molecule has 2 saturated heterocycles. The zero-order valence-corrected chi connectivity index (χ0v) is 42.5. The van der Waals surface area contributed by atoms with Crippen molar-refractivity contribution >= 4 is 11.9 Å². The third-order valence-electron chi connectivity index (χ3n) is 13.6. The van der Waals surface area contributed by atoms with Crippen LogP contribution >= 0.6 is 0 Å². The van der Waals surface area contributed by atoms with Crippen LogP contribution in [0, 0.1) is 17.8 Å². The number of nitrogens with zero attached hydrogens (tertiary/aromatic N) is 1. The third kappa shape index (κ3) is 20.9. The second-order valence-electron chi connectivity index (χ2n) is 19.8. The normalized spacial score (nSPS) is 42.5. The van der Waals surface area contributed by atoms with Gasteiger partial charge in [-0.3, -0.25) is 14.5 Å². The van der Waals surface area contributed by atoms with Crippen LogP contribution in [0.2, 0.25) is 0 Å². The number of allylic oxidation sites excluding steroid dienone is 10. The molecule has 2 bridgehead atoms. The lowest BCUT2D eigenvalue weighted by Gasteiger charge is -2.47. The van der Waals surface area contributed by atoms with Crippen molar-refractivity contribution < 1.29 is 84.7 Å². The number of carbonyl (C=O) groups is 2. The summed E-state index contributed by atoms with van der Waals surface area (Å²) in [6.45, 7) is 12.1. The molecule has 0 saturated carbocycles. The highest BCUT2D eigenvalue weighted by Gasteiger charge is 2.52. The van der Waals surface area contributed by atoms with Gasteiger partial charge in [0.25, 0.3) is 0 Å². The molecule has 18 heteroatoms. The Bertz CT molecular complexity index is 1730. The van der Waals surface area contributed by atoms with Gasteiger partial charge in [0.15, 0.2) is 12.1 Å². The van der Waals surface area contributed by atoms with Crippen molar-refractivity contribution in [3.05, 3.63) is 72.9 Å². The van der Waals surface area contributed by atoms with Gasteiger partial charge < -0.3 is 75.1 Å². The minimum atomic E-state index is -2.35. The summed E-state index contributed by atoms with van der Waals surface area (Å²) in [6, 6.07) is -0.756. The summed E-state index contributed by atoms with van der Waals surface area (Å²) in [6.07, 6.45) is 4.73. The number of hydrogen-bond acceptors (Lipinski definition) is 17. The number of carboxylic acids is 1. The van der Waals surface area contributed by atoms with Crippen LogP contribution in [0.1, 0.15) is 119 Å². The molecule has 0 spiro atoms. The number of ether oxygens (including phenoxy) is 4. The first-order valence-corrected chi connectivity index (χ1v) is 25.6. The zero-order chi connectivity index (χ0) is 52.8. The number of aliphatic hydroxyl groups is 10. The van der Waals surface area contributed by atoms with E-state index in [2.05, 4.69) is 0 Å². The Morgan fingerprint density at radius 3 is 1.90 bits per heavy atom. The smallest absolute Gasteiger partial charge is 0.311 e. The first-order valence-electron chi connectivity index (χ1n) is 25.6. The second kappa shape index (κ2) is 31.5. The summed E-state index contributed by atoms with van der Waals surface area (Å²) in [5.41, 5.74) is 0. The van der Waals surface area contributed by atoms with Gasteiger partial charge in [0.05, 0.1) is 79.6 Å². The molecule has 3 aliphatic rings. The number of carboxylic acid groups (broad SMARTS) is 1. The fraction of sp³-hybridized carbons (Fsp3) is 0.736. The molecule has 0 aromatic heterocycles. The molecule has 0 unspecified atom stereocenters. The monoisotopic (exact) mass is 1010 g/mol. The highest BCUT2D eigenvalue weighted by atomic mass is 16.7. The van der Waals surface area contributed by atoms with Crippen molar-refractivity contribution in [3.63, 3.8) is 0 Å². The minimum Gasteiger partial charge on any atom is -0.481 e. The number of hydrogen-bond donors (Lipinski definition) is 11. The number of cyclic esters (lactones) is 1. The molecule has 0 aliphatic carbocycles. The van der Waals surface area contributed by atoms with Gasteiger partial charge in [0.2, 0.25) is 0 Å². The van der Waals surface area contributed by atoms with Crippen molar-refractivity contribution in [2.24, 2.45) is 17.8 Å². The van der Waals surface area contributed by atoms with Gasteiger partial charge in [-0.15, -0.1) is 0 Å². The number of rotatable bonds is 8. The summed E-state index contributed by atoms with van der Waals surface area (Å²) in [7, 11) is 0. The quantitative estimate of drug-likeness (QED) is 0.156. The van der Waals surface area contributed by atoms with Gasteiger partial charge >= 0.3 is 11.9 Å². The van der Waals surface area contributed by atoms with E-state index in [1.54, 1.807) is 51.2 Å². The summed E-state index contributed by atoms with van der Waals surface area (Å²) in [4.78, 5) is 27.3. The second-order valence-corrected chi connectivity index (χ2v) is 19.8. The third-order valence-corrected chi connectivity index (χ3v) is 13.6. The molecule has 0 aromatic carbocycles. The lowest BCUT2D eigenvalue weighted by Crippen LogP contribution is -2.64. The summed E-state index contributed by atoms with van der Waals surface area (Å²) < 4.78 is 23.9. The number of aliphatic carboxylic acids is 1. The van der Waals surface area contributed by atoms with Crippen LogP contribution in [0.4, 0.5) is 0 Å². The van der Waals surface area contributed by atoms with E-state index in [4.69, 9.17) is 18.9 Å². The first-order chi connectivity index (χ1) is 33.6. The molecule has 406 valence electrons. The molecule has 0 amide bonds. The maximum Gasteiger partial charge on any atom is 0.311 e. The summed E-state index contributed by atoms with van der Waals surface area (Å²) in [5.74, 6) is -6.78. The van der Waals surface area contributed by atoms with E-state index in [0.29, 0.717) is 13.1 Å². The van der Waals surface area contributed by atoms with Gasteiger partial charge in [-0.05, 0) is 78.3 Å². The molecular weight excluding hydrogens is 923 g/mol. The topological polar surface area (TPSA) is 297 Å². The van der Waals surface area contributed by atoms with Gasteiger partial charge in [0, 0.05) is 31.1 Å². The Hall–Kier alpha value is -3.18. The fourth-order valence-electron chi connectivity index (χ4n) is 9.47. The van der Waals surface area contributed by atoms with E-state index in [1.807, 2.05) is 68.2 Å². The highest BCUT2D eigenvalue weighted by molar-refractivity contribution is 5.71. The van der Waals surface area contributed by atoms with Crippen LogP contribution in [-0.2, 0) is 28.5 Å². The van der Waals surface area contributed by atoms with Crippen molar-refractivity contribution in [1.29, 1.82) is 0 Å². The zero-order valence-electron chi connectivity index (χ0n) is 42.5. The van der Waals surface area contributed by atoms with E-state index in [9.17, 15) is 65.8 Å². The lowest BCUT2D eigenvalue weighted by molar-refractivity contribution is -0.313. The van der Waals surface area contributed by atoms with Crippen molar-refractivity contribution in [3.8, 4) is 0 Å². The Morgan fingerprint density at radius 1 is 0.690 bits per heavy atom. The van der Waals surface area contributed by atoms with E-state index in [1.165, 1.54) is 0 Å². The number of esters is 1. The van der Waals surface area contributed by atoms with E-state index in [0.717, 1.165) is 25.7 Å². The standard InChI is InChI=1S/C53H87NO17/c1-7-25-54(26-8-2)47-49(63)36(6)69-52(50(47)64)70-40-22-20-18-16-14-12-10-9-11-13-15-17-19-21-33(3)48(62)34(4)35(5)68-45(61)29-39(57)28-38(56)27-37(55)23-24-41(58)42(59)31-53(67)32-43(60)46(51(65)66)44(30-40)71-53/h9-10,12,14-22,33-44,46-50,52,55-60,62-64,67H,7-8,11,13,23-32H2,1-6H3,(H,65,66)/b10-9+,14-12+,17-15+,18-16+,21-19+,22-20+/t33-,34-,35-,36+,37+,38+,39+,40-,41+,42+,43-,44-,46+,47-,48+,49+,50-,52+,53+/m0/s1. The van der Waals surface area contributed by atoms with Gasteiger partial charge in [0.1, 0.15) is 18.1 Å². The summed E-state index contributed by atoms with van der Waals surface area (Å²) >= 11 is 0. The predicted molar refractivity (Wildman–Crippen MR) is 265 cm³/mol. The Labute approximate surface area is 420 Å². The maximum absolute atomic E-state index is 12.7. The van der Waals surface area contributed by atoms with Crippen molar-refractivity contribution in [2.45, 2.75) is 216 Å². The van der Waals surface area contributed by atoms with Gasteiger partial charge in [-0.2, -0.15) is 0 Å². The molecule has 11 N–H and O–H groups in total. The number of carbonyl (C=O) groups excluding carboxylic acids is 1. The molecule has 3 rings (SSSR count). The molecular formula is C53H87NO17. The maximum atomic E-state index is 12.7. The average molecular weight is 1010 g/mol. The van der Waals surface area contributed by atoms with E-state index < -0.39 is 141 Å². The molecule has 19 atom stereocenters. The lowest BCUT2D eigenvalue weighted by atomic mass is 9.82. The van der Waals surface area contributed by atoms with Crippen LogP contribution in [0.5, 0.6) is 0 Å². The highest BCUT2D eigenvalue weighted by Crippen LogP contribution is 2.38. The van der Waals surface area contributed by atoms with Crippen molar-refractivity contribution in [1.82, 2.24) is 4.90 Å². The summed E-state index contributed by atoms with van der Waals surface area (Å²) in [5, 5.41) is 121. The molecule has 0 radical (unpaired) electrons. The molecule has 3 aliphatic heterocycles. The van der Waals surface area contributed by atoms with Gasteiger partial charge in [-0.1, -0.05) is 101 Å². The largest absolute Gasteiger partial charge is 0.481 e. The Morgan fingerprint density at radius 2 is 1.27 bits per heavy atom. The molecule has 3 heterocycles. The SMILES string of the molecule is CCCN(CCC)[C@@H]1[C@H](O)[C@@H](O[C@H]2/C=C/C=C/C=C/C=C/CC/C=C/C=C/[C@H](C)[C@@H](O)[C@@H](C)[C@H](C)OC(=O)C[C@H](O)C[C@H](O)C[C@H](O)CC[C@@H](O)[C@H](O)C[C@]3(O)C[C@H](O)[C@@H](C(=O)O)[C@H](C2)O3)O[C@H](C)[C@H]1O. The van der Waals surface area contributed by atoms with Crippen LogP contribution in [0.25, 0.3) is 0 Å². The molecule has 2 fully saturated rings.